The number of hydrogen-bond acceptors (Lipinski definition) is 3. The van der Waals surface area contributed by atoms with Crippen LogP contribution in [0.15, 0.2) is 53.6 Å². The Hall–Kier alpha value is -2.69. The number of hydrazone groups is 1. The summed E-state index contributed by atoms with van der Waals surface area (Å²) in [6.07, 6.45) is 2.47. The molecule has 0 aromatic heterocycles. The normalized spacial score (nSPS) is 10.6. The van der Waals surface area contributed by atoms with Gasteiger partial charge in [-0.1, -0.05) is 13.0 Å². The van der Waals surface area contributed by atoms with Gasteiger partial charge in [0.2, 0.25) is 0 Å². The van der Waals surface area contributed by atoms with Crippen LogP contribution in [0.1, 0.15) is 29.3 Å². The Kier molecular flexibility index (Phi) is 5.65. The van der Waals surface area contributed by atoms with Gasteiger partial charge < -0.3 is 4.74 Å². The van der Waals surface area contributed by atoms with Crippen molar-refractivity contribution in [1.82, 2.24) is 5.43 Å². The molecular formula is C17H17FN2O2. The lowest BCUT2D eigenvalue weighted by Gasteiger charge is -2.04. The minimum Gasteiger partial charge on any atom is -0.494 e. The van der Waals surface area contributed by atoms with Crippen LogP contribution in [-0.2, 0) is 0 Å². The fourth-order valence-corrected chi connectivity index (χ4v) is 1.73. The van der Waals surface area contributed by atoms with Crippen molar-refractivity contribution < 1.29 is 13.9 Å². The summed E-state index contributed by atoms with van der Waals surface area (Å²) in [6, 6.07) is 12.8. The van der Waals surface area contributed by atoms with Gasteiger partial charge in [0, 0.05) is 5.56 Å². The third-order valence-corrected chi connectivity index (χ3v) is 2.82. The fourth-order valence-electron chi connectivity index (χ4n) is 1.73. The smallest absolute Gasteiger partial charge is 0.271 e. The first-order valence-corrected chi connectivity index (χ1v) is 7.01. The molecular weight excluding hydrogens is 283 g/mol. The van der Waals surface area contributed by atoms with E-state index in [0.29, 0.717) is 6.61 Å². The highest BCUT2D eigenvalue weighted by molar-refractivity contribution is 5.94. The molecule has 2 aromatic carbocycles. The van der Waals surface area contributed by atoms with E-state index in [-0.39, 0.29) is 5.56 Å². The van der Waals surface area contributed by atoms with Crippen LogP contribution >= 0.6 is 0 Å². The second-order valence-corrected chi connectivity index (χ2v) is 4.63. The summed E-state index contributed by atoms with van der Waals surface area (Å²) in [5.74, 6) is -0.124. The molecule has 114 valence electrons. The Labute approximate surface area is 128 Å². The summed E-state index contributed by atoms with van der Waals surface area (Å²) in [6.45, 7) is 2.72. The van der Waals surface area contributed by atoms with Gasteiger partial charge >= 0.3 is 0 Å². The van der Waals surface area contributed by atoms with Gasteiger partial charge in [-0.15, -0.1) is 0 Å². The molecule has 0 aliphatic carbocycles. The van der Waals surface area contributed by atoms with Gasteiger partial charge in [-0.05, 0) is 54.4 Å². The molecule has 1 amide bonds. The minimum atomic E-state index is -0.460. The maximum absolute atomic E-state index is 13.0. The monoisotopic (exact) mass is 300 g/mol. The molecule has 0 radical (unpaired) electrons. The predicted octanol–water partition coefficient (Wildman–Crippen LogP) is 3.38. The molecule has 0 saturated heterocycles. The Bertz CT molecular complexity index is 654. The van der Waals surface area contributed by atoms with Crippen LogP contribution in [0.3, 0.4) is 0 Å². The minimum absolute atomic E-state index is 0.223. The van der Waals surface area contributed by atoms with Gasteiger partial charge in [0.1, 0.15) is 11.6 Å². The Morgan fingerprint density at radius 3 is 2.73 bits per heavy atom. The van der Waals surface area contributed by atoms with E-state index >= 15 is 0 Å². The number of benzene rings is 2. The van der Waals surface area contributed by atoms with Crippen molar-refractivity contribution in [3.05, 3.63) is 65.5 Å². The SMILES string of the molecule is CCCOc1ccc(C=NNC(=O)c2cccc(F)c2)cc1. The number of halogens is 1. The molecule has 0 aliphatic heterocycles. The van der Waals surface area contributed by atoms with E-state index in [0.717, 1.165) is 23.8 Å². The van der Waals surface area contributed by atoms with Gasteiger partial charge in [-0.25, -0.2) is 9.82 Å². The largest absolute Gasteiger partial charge is 0.494 e. The van der Waals surface area contributed by atoms with Crippen molar-refractivity contribution >= 4 is 12.1 Å². The molecule has 0 fully saturated rings. The first-order chi connectivity index (χ1) is 10.7. The van der Waals surface area contributed by atoms with Crippen LogP contribution in [0.25, 0.3) is 0 Å². The van der Waals surface area contributed by atoms with E-state index in [1.807, 2.05) is 31.2 Å². The van der Waals surface area contributed by atoms with Gasteiger partial charge in [-0.2, -0.15) is 5.10 Å². The lowest BCUT2D eigenvalue weighted by molar-refractivity contribution is 0.0954. The number of carbonyl (C=O) groups is 1. The second kappa shape index (κ2) is 7.93. The zero-order chi connectivity index (χ0) is 15.8. The van der Waals surface area contributed by atoms with Crippen molar-refractivity contribution in [1.29, 1.82) is 0 Å². The summed E-state index contributed by atoms with van der Waals surface area (Å²) in [5, 5.41) is 3.85. The van der Waals surface area contributed by atoms with Crippen LogP contribution in [-0.4, -0.2) is 18.7 Å². The van der Waals surface area contributed by atoms with Gasteiger partial charge in [0.05, 0.1) is 12.8 Å². The topological polar surface area (TPSA) is 50.7 Å². The van der Waals surface area contributed by atoms with Crippen molar-refractivity contribution in [2.24, 2.45) is 5.10 Å². The highest BCUT2D eigenvalue weighted by Gasteiger charge is 2.04. The molecule has 22 heavy (non-hydrogen) atoms. The van der Waals surface area contributed by atoms with Crippen molar-refractivity contribution in [2.45, 2.75) is 13.3 Å². The zero-order valence-electron chi connectivity index (χ0n) is 12.3. The number of hydrogen-bond donors (Lipinski definition) is 1. The summed E-state index contributed by atoms with van der Waals surface area (Å²) in [7, 11) is 0. The molecule has 0 bridgehead atoms. The molecule has 2 rings (SSSR count). The summed E-state index contributed by atoms with van der Waals surface area (Å²) < 4.78 is 18.5. The first-order valence-electron chi connectivity index (χ1n) is 7.01. The summed E-state index contributed by atoms with van der Waals surface area (Å²) in [5.41, 5.74) is 3.40. The van der Waals surface area contributed by atoms with Gasteiger partial charge in [0.15, 0.2) is 0 Å². The number of rotatable bonds is 6. The molecule has 1 N–H and O–H groups in total. The Balaban J connectivity index is 1.90. The summed E-state index contributed by atoms with van der Waals surface area (Å²) >= 11 is 0. The molecule has 0 saturated carbocycles. The van der Waals surface area contributed by atoms with Gasteiger partial charge in [0.25, 0.3) is 5.91 Å². The number of nitrogens with zero attached hydrogens (tertiary/aromatic N) is 1. The number of nitrogens with one attached hydrogen (secondary N) is 1. The maximum atomic E-state index is 13.0. The second-order valence-electron chi connectivity index (χ2n) is 4.63. The standard InChI is InChI=1S/C17H17FN2O2/c1-2-10-22-16-8-6-13(7-9-16)12-19-20-17(21)14-4-3-5-15(18)11-14/h3-9,11-12H,2,10H2,1H3,(H,20,21). The highest BCUT2D eigenvalue weighted by atomic mass is 19.1. The predicted molar refractivity (Wildman–Crippen MR) is 83.7 cm³/mol. The fraction of sp³-hybridized carbons (Fsp3) is 0.176. The highest BCUT2D eigenvalue weighted by Crippen LogP contribution is 2.11. The third-order valence-electron chi connectivity index (χ3n) is 2.82. The van der Waals surface area contributed by atoms with Crippen LogP contribution in [0.4, 0.5) is 4.39 Å². The van der Waals surface area contributed by atoms with Crippen LogP contribution in [0, 0.1) is 5.82 Å². The van der Waals surface area contributed by atoms with Crippen molar-refractivity contribution in [3.8, 4) is 5.75 Å². The molecule has 0 atom stereocenters. The number of carbonyl (C=O) groups excluding carboxylic acids is 1. The van der Waals surface area contributed by atoms with E-state index in [9.17, 15) is 9.18 Å². The van der Waals surface area contributed by atoms with Crippen molar-refractivity contribution in [3.63, 3.8) is 0 Å². The first kappa shape index (κ1) is 15.7. The summed E-state index contributed by atoms with van der Waals surface area (Å²) in [4.78, 5) is 11.7. The lowest BCUT2D eigenvalue weighted by Crippen LogP contribution is -2.17. The zero-order valence-corrected chi connectivity index (χ0v) is 12.3. The molecule has 0 heterocycles. The quantitative estimate of drug-likeness (QED) is 0.657. The average Bonchev–Trinajstić information content (AvgIpc) is 2.54. The molecule has 5 heteroatoms. The van der Waals surface area contributed by atoms with Crippen LogP contribution in [0.5, 0.6) is 5.75 Å². The van der Waals surface area contributed by atoms with E-state index in [2.05, 4.69) is 10.5 Å². The molecule has 0 aliphatic rings. The Morgan fingerprint density at radius 2 is 2.05 bits per heavy atom. The molecule has 0 spiro atoms. The van der Waals surface area contributed by atoms with Gasteiger partial charge in [-0.3, -0.25) is 4.79 Å². The van der Waals surface area contributed by atoms with E-state index < -0.39 is 11.7 Å². The maximum Gasteiger partial charge on any atom is 0.271 e. The number of ether oxygens (including phenoxy) is 1. The van der Waals surface area contributed by atoms with Crippen molar-refractivity contribution in [2.75, 3.05) is 6.61 Å². The third kappa shape index (κ3) is 4.70. The molecule has 0 unspecified atom stereocenters. The van der Waals surface area contributed by atoms with E-state index in [1.165, 1.54) is 24.4 Å². The number of amides is 1. The lowest BCUT2D eigenvalue weighted by atomic mass is 10.2. The van der Waals surface area contributed by atoms with Crippen LogP contribution < -0.4 is 10.2 Å². The Morgan fingerprint density at radius 1 is 1.27 bits per heavy atom. The van der Waals surface area contributed by atoms with Crippen LogP contribution in [0.2, 0.25) is 0 Å². The van der Waals surface area contributed by atoms with E-state index in [1.54, 1.807) is 0 Å². The molecule has 2 aromatic rings. The van der Waals surface area contributed by atoms with E-state index in [4.69, 9.17) is 4.74 Å². The molecule has 4 nitrogen and oxygen atoms in total. The average molecular weight is 300 g/mol.